The van der Waals surface area contributed by atoms with Gasteiger partial charge < -0.3 is 9.32 Å². The number of carbonyl (C=O) groups is 1. The number of amides is 1. The first kappa shape index (κ1) is 21.1. The van der Waals surface area contributed by atoms with E-state index in [-0.39, 0.29) is 23.5 Å². The Kier molecular flexibility index (Phi) is 5.73. The standard InChI is InChI=1S/C25H24FN5O2/c1-30-28-23(18-10-12-19(26)13-11-18)24(29-30)25(32)31-14-6-5-9-20(31)15-22-27-16-21(33-22)17-7-3-2-4-8-17/h2-4,7-8,10-13,16,20H,5-6,9,14-15H2,1H3. The molecule has 1 fully saturated rings. The van der Waals surface area contributed by atoms with Gasteiger partial charge in [0.1, 0.15) is 11.5 Å². The predicted molar refractivity (Wildman–Crippen MR) is 121 cm³/mol. The number of rotatable bonds is 5. The Morgan fingerprint density at radius 1 is 1.06 bits per heavy atom. The van der Waals surface area contributed by atoms with E-state index in [2.05, 4.69) is 15.2 Å². The van der Waals surface area contributed by atoms with E-state index in [1.165, 1.54) is 16.9 Å². The molecule has 1 amide bonds. The number of hydrogen-bond donors (Lipinski definition) is 0. The van der Waals surface area contributed by atoms with E-state index in [4.69, 9.17) is 4.42 Å². The molecule has 0 aliphatic carbocycles. The van der Waals surface area contributed by atoms with Gasteiger partial charge in [0.05, 0.1) is 6.20 Å². The average molecular weight is 445 g/mol. The van der Waals surface area contributed by atoms with Crippen LogP contribution in [-0.4, -0.2) is 43.4 Å². The average Bonchev–Trinajstić information content (AvgIpc) is 3.47. The second-order valence-electron chi connectivity index (χ2n) is 8.23. The van der Waals surface area contributed by atoms with Crippen molar-refractivity contribution in [1.82, 2.24) is 24.9 Å². The number of nitrogens with zero attached hydrogens (tertiary/aromatic N) is 5. The van der Waals surface area contributed by atoms with Crippen LogP contribution in [0.1, 0.15) is 35.6 Å². The molecule has 1 unspecified atom stereocenters. The van der Waals surface area contributed by atoms with E-state index in [1.807, 2.05) is 35.2 Å². The third-order valence-electron chi connectivity index (χ3n) is 5.94. The smallest absolute Gasteiger partial charge is 0.276 e. The Labute approximate surface area is 190 Å². The minimum atomic E-state index is -0.340. The normalized spacial score (nSPS) is 16.2. The lowest BCUT2D eigenvalue weighted by atomic mass is 9.98. The fraction of sp³-hybridized carbons (Fsp3) is 0.280. The van der Waals surface area contributed by atoms with Crippen molar-refractivity contribution in [2.45, 2.75) is 31.7 Å². The molecule has 0 spiro atoms. The summed E-state index contributed by atoms with van der Waals surface area (Å²) in [7, 11) is 1.68. The van der Waals surface area contributed by atoms with Crippen molar-refractivity contribution < 1.29 is 13.6 Å². The number of aromatic nitrogens is 4. The van der Waals surface area contributed by atoms with E-state index in [0.717, 1.165) is 24.8 Å². The number of benzene rings is 2. The maximum absolute atomic E-state index is 13.6. The maximum Gasteiger partial charge on any atom is 0.276 e. The molecule has 0 saturated carbocycles. The number of piperidine rings is 1. The second kappa shape index (κ2) is 8.97. The highest BCUT2D eigenvalue weighted by atomic mass is 19.1. The van der Waals surface area contributed by atoms with Gasteiger partial charge in [0.15, 0.2) is 17.3 Å². The van der Waals surface area contributed by atoms with Crippen molar-refractivity contribution >= 4 is 5.91 Å². The molecule has 1 aliphatic rings. The lowest BCUT2D eigenvalue weighted by molar-refractivity contribution is 0.0599. The largest absolute Gasteiger partial charge is 0.441 e. The van der Waals surface area contributed by atoms with Crippen LogP contribution in [0, 0.1) is 5.82 Å². The van der Waals surface area contributed by atoms with Crippen LogP contribution in [0.15, 0.2) is 65.2 Å². The molecule has 2 aromatic heterocycles. The number of hydrogen-bond acceptors (Lipinski definition) is 5. The maximum atomic E-state index is 13.6. The number of aryl methyl sites for hydroxylation is 1. The Morgan fingerprint density at radius 3 is 2.64 bits per heavy atom. The molecular weight excluding hydrogens is 421 g/mol. The topological polar surface area (TPSA) is 77.0 Å². The van der Waals surface area contributed by atoms with Gasteiger partial charge in [0.25, 0.3) is 5.91 Å². The number of likely N-dealkylation sites (tertiary alicyclic amines) is 1. The summed E-state index contributed by atoms with van der Waals surface area (Å²) in [6.45, 7) is 0.634. The molecule has 168 valence electrons. The molecule has 33 heavy (non-hydrogen) atoms. The summed E-state index contributed by atoms with van der Waals surface area (Å²) in [4.78, 5) is 21.3. The van der Waals surface area contributed by atoms with Crippen molar-refractivity contribution in [3.63, 3.8) is 0 Å². The van der Waals surface area contributed by atoms with Gasteiger partial charge in [-0.3, -0.25) is 4.79 Å². The van der Waals surface area contributed by atoms with Crippen LogP contribution in [0.25, 0.3) is 22.6 Å². The quantitative estimate of drug-likeness (QED) is 0.452. The zero-order valence-corrected chi connectivity index (χ0v) is 18.3. The van der Waals surface area contributed by atoms with Crippen LogP contribution in [0.4, 0.5) is 4.39 Å². The molecule has 4 aromatic rings. The summed E-state index contributed by atoms with van der Waals surface area (Å²) in [6, 6.07) is 15.7. The van der Waals surface area contributed by atoms with E-state index in [1.54, 1.807) is 25.4 Å². The molecule has 5 rings (SSSR count). The number of halogens is 1. The third-order valence-corrected chi connectivity index (χ3v) is 5.94. The zero-order valence-electron chi connectivity index (χ0n) is 18.3. The Morgan fingerprint density at radius 2 is 1.85 bits per heavy atom. The SMILES string of the molecule is Cn1nc(C(=O)N2CCCCC2Cc2ncc(-c3ccccc3)o2)c(-c2ccc(F)cc2)n1. The molecule has 1 aliphatic heterocycles. The summed E-state index contributed by atoms with van der Waals surface area (Å²) in [6.07, 6.45) is 5.09. The highest BCUT2D eigenvalue weighted by Gasteiger charge is 2.32. The van der Waals surface area contributed by atoms with Crippen LogP contribution >= 0.6 is 0 Å². The summed E-state index contributed by atoms with van der Waals surface area (Å²) in [5.74, 6) is 0.803. The molecule has 1 saturated heterocycles. The molecule has 0 radical (unpaired) electrons. The van der Waals surface area contributed by atoms with E-state index in [9.17, 15) is 9.18 Å². The summed E-state index contributed by atoms with van der Waals surface area (Å²) in [5.41, 5.74) is 2.35. The van der Waals surface area contributed by atoms with Crippen LogP contribution in [0.2, 0.25) is 0 Å². The van der Waals surface area contributed by atoms with Crippen molar-refractivity contribution in [2.24, 2.45) is 7.05 Å². The minimum absolute atomic E-state index is 0.0448. The molecule has 8 heteroatoms. The van der Waals surface area contributed by atoms with Gasteiger partial charge in [-0.1, -0.05) is 30.3 Å². The monoisotopic (exact) mass is 445 g/mol. The Bertz CT molecular complexity index is 1250. The summed E-state index contributed by atoms with van der Waals surface area (Å²) < 4.78 is 19.4. The molecule has 7 nitrogen and oxygen atoms in total. The molecule has 1 atom stereocenters. The van der Waals surface area contributed by atoms with Crippen LogP contribution in [0.3, 0.4) is 0 Å². The van der Waals surface area contributed by atoms with Gasteiger partial charge in [-0.2, -0.15) is 9.90 Å². The van der Waals surface area contributed by atoms with E-state index in [0.29, 0.717) is 35.9 Å². The van der Waals surface area contributed by atoms with Crippen molar-refractivity contribution in [3.05, 3.63) is 78.2 Å². The number of oxazole rings is 1. The minimum Gasteiger partial charge on any atom is -0.441 e. The first-order valence-corrected chi connectivity index (χ1v) is 11.1. The summed E-state index contributed by atoms with van der Waals surface area (Å²) in [5, 5.41) is 8.73. The van der Waals surface area contributed by atoms with E-state index < -0.39 is 0 Å². The second-order valence-corrected chi connectivity index (χ2v) is 8.23. The molecule has 0 N–H and O–H groups in total. The lowest BCUT2D eigenvalue weighted by Crippen LogP contribution is -2.45. The fourth-order valence-corrected chi connectivity index (χ4v) is 4.31. The van der Waals surface area contributed by atoms with E-state index >= 15 is 0 Å². The van der Waals surface area contributed by atoms with Gasteiger partial charge in [0.2, 0.25) is 0 Å². The highest BCUT2D eigenvalue weighted by molar-refractivity contribution is 5.98. The molecule has 2 aromatic carbocycles. The van der Waals surface area contributed by atoms with Gasteiger partial charge >= 0.3 is 0 Å². The molecule has 3 heterocycles. The van der Waals surface area contributed by atoms with Crippen LogP contribution in [0.5, 0.6) is 0 Å². The first-order valence-electron chi connectivity index (χ1n) is 11.1. The molecular formula is C25H24FN5O2. The lowest BCUT2D eigenvalue weighted by Gasteiger charge is -2.34. The molecule has 0 bridgehead atoms. The number of carbonyl (C=O) groups excluding carboxylic acids is 1. The van der Waals surface area contributed by atoms with Gasteiger partial charge in [-0.15, -0.1) is 5.10 Å². The highest BCUT2D eigenvalue weighted by Crippen LogP contribution is 2.28. The predicted octanol–water partition coefficient (Wildman–Crippen LogP) is 4.51. The van der Waals surface area contributed by atoms with Crippen molar-refractivity contribution in [2.75, 3.05) is 6.54 Å². The Balaban J connectivity index is 1.39. The first-order chi connectivity index (χ1) is 16.1. The van der Waals surface area contributed by atoms with Crippen molar-refractivity contribution in [1.29, 1.82) is 0 Å². The zero-order chi connectivity index (χ0) is 22.8. The third kappa shape index (κ3) is 4.41. The van der Waals surface area contributed by atoms with Gasteiger partial charge in [0, 0.05) is 37.2 Å². The van der Waals surface area contributed by atoms with Crippen LogP contribution in [-0.2, 0) is 13.5 Å². The summed E-state index contributed by atoms with van der Waals surface area (Å²) >= 11 is 0. The fourth-order valence-electron chi connectivity index (χ4n) is 4.31. The Hall–Kier alpha value is -3.81. The van der Waals surface area contributed by atoms with Crippen LogP contribution < -0.4 is 0 Å². The van der Waals surface area contributed by atoms with Gasteiger partial charge in [-0.05, 0) is 43.5 Å². The van der Waals surface area contributed by atoms with Crippen molar-refractivity contribution in [3.8, 4) is 22.6 Å². The van der Waals surface area contributed by atoms with Gasteiger partial charge in [-0.25, -0.2) is 9.37 Å².